The molecule has 6 heteroatoms. The Morgan fingerprint density at radius 1 is 0.911 bits per heavy atom. The van der Waals surface area contributed by atoms with Gasteiger partial charge in [-0.05, 0) is 54.9 Å². The van der Waals surface area contributed by atoms with Gasteiger partial charge in [-0.1, -0.05) is 83.7 Å². The predicted octanol–water partition coefficient (Wildman–Crippen LogP) is 10.7. The molecule has 0 aliphatic carbocycles. The van der Waals surface area contributed by atoms with Crippen LogP contribution in [0.3, 0.4) is 0 Å². The Hall–Kier alpha value is -3.60. The number of carbonyl (C=O) groups is 1. The first-order valence-electron chi connectivity index (χ1n) is 15.8. The van der Waals surface area contributed by atoms with Crippen LogP contribution in [0.1, 0.15) is 79.7 Å². The first kappa shape index (κ1) is 35.9. The Kier molecular flexibility index (Phi) is 12.8. The molecule has 0 unspecified atom stereocenters. The van der Waals surface area contributed by atoms with E-state index in [0.717, 1.165) is 58.8 Å². The Bertz CT molecular complexity index is 1740. The van der Waals surface area contributed by atoms with Crippen molar-refractivity contribution in [2.24, 2.45) is 11.8 Å². The molecule has 0 aliphatic rings. The molecule has 0 amide bonds. The van der Waals surface area contributed by atoms with Crippen LogP contribution in [0.15, 0.2) is 89.5 Å². The van der Waals surface area contributed by atoms with Crippen molar-refractivity contribution in [2.75, 3.05) is 0 Å². The molecule has 0 saturated heterocycles. The van der Waals surface area contributed by atoms with Gasteiger partial charge in [0.1, 0.15) is 0 Å². The van der Waals surface area contributed by atoms with Gasteiger partial charge < -0.3 is 9.52 Å². The van der Waals surface area contributed by atoms with E-state index in [2.05, 4.69) is 79.3 Å². The summed E-state index contributed by atoms with van der Waals surface area (Å²) in [7, 11) is 0. The number of nitrogens with zero attached hydrogens (tertiary/aromatic N) is 2. The van der Waals surface area contributed by atoms with E-state index in [9.17, 15) is 9.90 Å². The van der Waals surface area contributed by atoms with Gasteiger partial charge in [0.15, 0.2) is 5.78 Å². The van der Waals surface area contributed by atoms with E-state index < -0.39 is 0 Å². The number of allylic oxidation sites excluding steroid dienone is 2. The molecule has 5 rings (SSSR count). The zero-order valence-electron chi connectivity index (χ0n) is 27.5. The number of aromatic nitrogens is 2. The molecule has 2 aromatic carbocycles. The number of hydrogen-bond donors (Lipinski definition) is 1. The second-order valence-corrected chi connectivity index (χ2v) is 12.4. The Balaban J connectivity index is 0.000000297. The summed E-state index contributed by atoms with van der Waals surface area (Å²) in [6, 6.07) is 22.4. The largest absolute Gasteiger partial charge is 0.512 e. The number of pyridine rings is 2. The number of aliphatic hydroxyl groups excluding tert-OH is 1. The zero-order chi connectivity index (χ0) is 31.9. The molecule has 0 saturated carbocycles. The molecule has 0 aliphatic heterocycles. The summed E-state index contributed by atoms with van der Waals surface area (Å²) >= 11 is 0. The molecule has 1 radical (unpaired) electrons. The first-order valence-corrected chi connectivity index (χ1v) is 15.8. The van der Waals surface area contributed by atoms with E-state index in [4.69, 9.17) is 4.42 Å². The fraction of sp³-hybridized carbons (Fsp3) is 0.359. The van der Waals surface area contributed by atoms with Gasteiger partial charge in [-0.15, -0.1) is 29.1 Å². The van der Waals surface area contributed by atoms with E-state index in [-0.39, 0.29) is 48.9 Å². The third-order valence-electron chi connectivity index (χ3n) is 8.34. The number of hydrogen-bond acceptors (Lipinski definition) is 5. The third-order valence-corrected chi connectivity index (χ3v) is 8.34. The summed E-state index contributed by atoms with van der Waals surface area (Å²) in [6.07, 6.45) is 10.3. The number of benzene rings is 2. The monoisotopic (exact) mass is 782 g/mol. The molecule has 0 fully saturated rings. The minimum absolute atomic E-state index is 0. The second-order valence-electron chi connectivity index (χ2n) is 12.4. The van der Waals surface area contributed by atoms with Gasteiger partial charge in [-0.3, -0.25) is 9.78 Å². The molecule has 239 valence electrons. The minimum atomic E-state index is 0. The van der Waals surface area contributed by atoms with Crippen LogP contribution in [0.2, 0.25) is 0 Å². The maximum Gasteiger partial charge on any atom is 0.225 e. The van der Waals surface area contributed by atoms with Crippen molar-refractivity contribution in [2.45, 2.75) is 79.6 Å². The maximum absolute atomic E-state index is 11.7. The van der Waals surface area contributed by atoms with Crippen LogP contribution in [-0.2, 0) is 30.3 Å². The summed E-state index contributed by atoms with van der Waals surface area (Å²) in [6.45, 7) is 14.8. The van der Waals surface area contributed by atoms with Crippen molar-refractivity contribution >= 4 is 27.7 Å². The zero-order valence-corrected chi connectivity index (χ0v) is 29.9. The van der Waals surface area contributed by atoms with Crippen LogP contribution in [-0.4, -0.2) is 20.9 Å². The van der Waals surface area contributed by atoms with Crippen molar-refractivity contribution in [3.63, 3.8) is 0 Å². The van der Waals surface area contributed by atoms with Gasteiger partial charge in [-0.2, -0.15) is 0 Å². The van der Waals surface area contributed by atoms with Gasteiger partial charge in [0.05, 0.1) is 12.0 Å². The fourth-order valence-electron chi connectivity index (χ4n) is 5.54. The van der Waals surface area contributed by atoms with Crippen molar-refractivity contribution in [3.05, 3.63) is 96.7 Å². The van der Waals surface area contributed by atoms with Crippen LogP contribution in [0, 0.1) is 17.9 Å². The minimum Gasteiger partial charge on any atom is -0.512 e. The molecule has 5 aromatic rings. The molecule has 3 heterocycles. The van der Waals surface area contributed by atoms with Crippen molar-refractivity contribution in [3.8, 4) is 22.4 Å². The maximum atomic E-state index is 11.7. The van der Waals surface area contributed by atoms with Crippen molar-refractivity contribution in [1.82, 2.24) is 9.97 Å². The number of carbonyl (C=O) groups excluding carboxylic acids is 1. The molecule has 1 N–H and O–H groups in total. The quantitative estimate of drug-likeness (QED) is 0.0916. The van der Waals surface area contributed by atoms with Gasteiger partial charge in [0.25, 0.3) is 0 Å². The van der Waals surface area contributed by atoms with Gasteiger partial charge in [-0.25, -0.2) is 4.98 Å². The van der Waals surface area contributed by atoms with Gasteiger partial charge >= 0.3 is 0 Å². The fourth-order valence-corrected chi connectivity index (χ4v) is 5.54. The summed E-state index contributed by atoms with van der Waals surface area (Å²) in [4.78, 5) is 20.8. The van der Waals surface area contributed by atoms with Gasteiger partial charge in [0, 0.05) is 67.1 Å². The number of aliphatic hydroxyl groups is 1. The van der Waals surface area contributed by atoms with Crippen molar-refractivity contribution < 1.29 is 34.4 Å². The molecule has 0 spiro atoms. The Labute approximate surface area is 281 Å². The third kappa shape index (κ3) is 8.77. The van der Waals surface area contributed by atoms with Crippen LogP contribution >= 0.6 is 0 Å². The van der Waals surface area contributed by atoms with E-state index in [1.807, 2.05) is 52.2 Å². The van der Waals surface area contributed by atoms with Crippen LogP contribution < -0.4 is 0 Å². The Morgan fingerprint density at radius 3 is 2.27 bits per heavy atom. The second kappa shape index (κ2) is 16.1. The molecule has 3 aromatic heterocycles. The van der Waals surface area contributed by atoms with E-state index in [1.54, 1.807) is 6.26 Å². The number of fused-ring (bicyclic) bond motifs is 2. The van der Waals surface area contributed by atoms with Crippen LogP contribution in [0.4, 0.5) is 0 Å². The number of rotatable bonds is 9. The topological polar surface area (TPSA) is 76.2 Å². The van der Waals surface area contributed by atoms with E-state index in [1.165, 1.54) is 17.0 Å². The van der Waals surface area contributed by atoms with Gasteiger partial charge in [0.2, 0.25) is 5.71 Å². The summed E-state index contributed by atoms with van der Waals surface area (Å²) in [5.41, 5.74) is 6.01. The number of ketones is 1. The average Bonchev–Trinajstić information content (AvgIpc) is 3.50. The van der Waals surface area contributed by atoms with E-state index >= 15 is 0 Å². The summed E-state index contributed by atoms with van der Waals surface area (Å²) in [5.74, 6) is 0.547. The summed E-state index contributed by atoms with van der Waals surface area (Å²) < 4.78 is 5.36. The standard InChI is InChI=1S/C26H21N2O.C13H24O2.Ir/c1-26(2,3)23-14-20(12-18-6-4-5-7-22(18)23)24-15-17(8-10-27-24)21-13-19-9-11-29-25(19)28-16-21;1-5-10(6-2)12(14)9-13(15)11(7-3)8-4;/h4-11,13-16H,1-3H3;9-11,14H,5-8H2,1-4H3;/q-1;;/b;12-9-;. The molecule has 0 atom stereocenters. The normalized spacial score (nSPS) is 11.9. The molecule has 45 heavy (non-hydrogen) atoms. The molecular weight excluding hydrogens is 737 g/mol. The summed E-state index contributed by atoms with van der Waals surface area (Å²) in [5, 5.41) is 13.1. The smallest absolute Gasteiger partial charge is 0.225 e. The molecule has 5 nitrogen and oxygen atoms in total. The average molecular weight is 782 g/mol. The van der Waals surface area contributed by atoms with Crippen molar-refractivity contribution in [1.29, 1.82) is 0 Å². The van der Waals surface area contributed by atoms with E-state index in [0.29, 0.717) is 5.71 Å². The first-order chi connectivity index (χ1) is 21.1. The molecule has 0 bridgehead atoms. The SMILES string of the molecule is CC(C)(C)c1cc(-c2cc(-c3cnc4occc4c3)ccn2)[c-]c2ccccc12.CCC(CC)C(=O)/C=C(\O)C(CC)CC.[Ir]. The Morgan fingerprint density at radius 2 is 1.60 bits per heavy atom. The predicted molar refractivity (Wildman–Crippen MR) is 182 cm³/mol. The molecular formula is C39H45IrN2O3-. The van der Waals surface area contributed by atoms with Crippen LogP contribution in [0.5, 0.6) is 0 Å². The van der Waals surface area contributed by atoms with Crippen LogP contribution in [0.25, 0.3) is 44.3 Å². The number of furan rings is 1.